The first-order valence-corrected chi connectivity index (χ1v) is 9.47. The van der Waals surface area contributed by atoms with Crippen LogP contribution >= 0.6 is 23.2 Å². The van der Waals surface area contributed by atoms with Crippen molar-refractivity contribution in [1.29, 1.82) is 0 Å². The maximum atomic E-state index is 12.1. The van der Waals surface area contributed by atoms with Crippen LogP contribution in [0.3, 0.4) is 0 Å². The van der Waals surface area contributed by atoms with Crippen LogP contribution in [0.4, 0.5) is 5.69 Å². The number of hydrogen-bond acceptors (Lipinski definition) is 4. The van der Waals surface area contributed by atoms with Crippen LogP contribution in [0.25, 0.3) is 0 Å². The molecule has 1 aliphatic carbocycles. The fraction of sp³-hybridized carbons (Fsp3) is 0.250. The Morgan fingerprint density at radius 1 is 1.04 bits per heavy atom. The first-order chi connectivity index (χ1) is 13.4. The van der Waals surface area contributed by atoms with Gasteiger partial charge >= 0.3 is 5.97 Å². The summed E-state index contributed by atoms with van der Waals surface area (Å²) in [6.07, 6.45) is 1.85. The molecule has 1 saturated carbocycles. The number of carbonyl (C=O) groups is 3. The topological polar surface area (TPSA) is 84.5 Å². The summed E-state index contributed by atoms with van der Waals surface area (Å²) in [5.41, 5.74) is 1.35. The molecule has 2 aromatic rings. The maximum Gasteiger partial charge on any atom is 0.310 e. The molecule has 8 heteroatoms. The third-order valence-electron chi connectivity index (χ3n) is 4.07. The van der Waals surface area contributed by atoms with Crippen molar-refractivity contribution in [1.82, 2.24) is 5.32 Å². The summed E-state index contributed by atoms with van der Waals surface area (Å²) in [5.74, 6) is -1.32. The van der Waals surface area contributed by atoms with Gasteiger partial charge in [0.05, 0.1) is 6.42 Å². The summed E-state index contributed by atoms with van der Waals surface area (Å²) in [5, 5.41) is 6.19. The molecule has 2 N–H and O–H groups in total. The zero-order valence-corrected chi connectivity index (χ0v) is 16.3. The lowest BCUT2D eigenvalue weighted by atomic mass is 10.1. The summed E-state index contributed by atoms with van der Waals surface area (Å²) in [7, 11) is 0. The van der Waals surface area contributed by atoms with Gasteiger partial charge in [0.2, 0.25) is 0 Å². The molecule has 0 heterocycles. The number of benzene rings is 2. The molecule has 6 nitrogen and oxygen atoms in total. The van der Waals surface area contributed by atoms with E-state index in [1.807, 2.05) is 0 Å². The lowest BCUT2D eigenvalue weighted by Crippen LogP contribution is -2.25. The lowest BCUT2D eigenvalue weighted by Gasteiger charge is -2.09. The monoisotopic (exact) mass is 420 g/mol. The number of hydrogen-bond donors (Lipinski definition) is 2. The largest absolute Gasteiger partial charge is 0.455 e. The molecule has 0 bridgehead atoms. The van der Waals surface area contributed by atoms with E-state index in [0.29, 0.717) is 26.9 Å². The number of amides is 2. The van der Waals surface area contributed by atoms with E-state index in [4.69, 9.17) is 27.9 Å². The van der Waals surface area contributed by atoms with Crippen LogP contribution in [-0.4, -0.2) is 30.4 Å². The Balaban J connectivity index is 1.50. The van der Waals surface area contributed by atoms with E-state index in [1.165, 1.54) is 0 Å². The Morgan fingerprint density at radius 2 is 1.71 bits per heavy atom. The Bertz CT molecular complexity index is 893. The second kappa shape index (κ2) is 9.08. The van der Waals surface area contributed by atoms with Crippen molar-refractivity contribution in [2.75, 3.05) is 11.9 Å². The molecule has 0 aromatic heterocycles. The van der Waals surface area contributed by atoms with Gasteiger partial charge in [-0.3, -0.25) is 14.4 Å². The molecule has 0 unspecified atom stereocenters. The molecule has 0 radical (unpaired) electrons. The third kappa shape index (κ3) is 5.71. The van der Waals surface area contributed by atoms with Crippen LogP contribution < -0.4 is 10.6 Å². The molecule has 3 rings (SSSR count). The summed E-state index contributed by atoms with van der Waals surface area (Å²) in [6, 6.07) is 11.7. The zero-order chi connectivity index (χ0) is 20.1. The highest BCUT2D eigenvalue weighted by Crippen LogP contribution is 2.25. The van der Waals surface area contributed by atoms with Crippen molar-refractivity contribution in [3.8, 4) is 0 Å². The van der Waals surface area contributed by atoms with Crippen LogP contribution in [-0.2, 0) is 20.7 Å². The highest BCUT2D eigenvalue weighted by atomic mass is 35.5. The summed E-state index contributed by atoms with van der Waals surface area (Å²) in [4.78, 5) is 36.0. The van der Waals surface area contributed by atoms with E-state index in [9.17, 15) is 14.4 Å². The highest BCUT2D eigenvalue weighted by molar-refractivity contribution is 6.36. The minimum absolute atomic E-state index is 0.136. The number of halogens is 2. The molecule has 1 aliphatic rings. The van der Waals surface area contributed by atoms with Crippen LogP contribution in [0.15, 0.2) is 42.5 Å². The van der Waals surface area contributed by atoms with Crippen LogP contribution in [0.1, 0.15) is 28.8 Å². The number of rotatable bonds is 7. The summed E-state index contributed by atoms with van der Waals surface area (Å²) in [6.45, 7) is -0.459. The second-order valence-corrected chi connectivity index (χ2v) is 7.23. The van der Waals surface area contributed by atoms with Gasteiger partial charge in [-0.15, -0.1) is 0 Å². The van der Waals surface area contributed by atoms with Gasteiger partial charge in [-0.2, -0.15) is 0 Å². The van der Waals surface area contributed by atoms with Crippen molar-refractivity contribution in [3.05, 3.63) is 63.6 Å². The van der Waals surface area contributed by atoms with Gasteiger partial charge in [0.15, 0.2) is 6.61 Å². The smallest absolute Gasteiger partial charge is 0.310 e. The van der Waals surface area contributed by atoms with E-state index in [-0.39, 0.29) is 18.4 Å². The van der Waals surface area contributed by atoms with E-state index in [0.717, 1.165) is 12.8 Å². The van der Waals surface area contributed by atoms with Crippen LogP contribution in [0.5, 0.6) is 0 Å². The normalized spacial score (nSPS) is 12.9. The predicted octanol–water partition coefficient (Wildman–Crippen LogP) is 3.61. The Labute approximate surface area is 172 Å². The molecule has 0 aliphatic heterocycles. The first-order valence-electron chi connectivity index (χ1n) is 8.71. The Morgan fingerprint density at radius 3 is 2.39 bits per heavy atom. The summed E-state index contributed by atoms with van der Waals surface area (Å²) >= 11 is 12.0. The lowest BCUT2D eigenvalue weighted by molar-refractivity contribution is -0.146. The minimum atomic E-state index is -0.622. The summed E-state index contributed by atoms with van der Waals surface area (Å²) < 4.78 is 4.98. The number of anilines is 1. The molecule has 2 amide bonds. The maximum absolute atomic E-state index is 12.1. The Kier molecular flexibility index (Phi) is 6.54. The molecule has 28 heavy (non-hydrogen) atoms. The standard InChI is InChI=1S/C20H18Cl2N2O4/c21-16-5-2-6-17(22)15(16)10-19(26)28-11-18(25)23-14-4-1-3-12(9-14)20(27)24-13-7-8-13/h1-6,9,13H,7-8,10-11H2,(H,23,25)(H,24,27). The fourth-order valence-corrected chi connectivity index (χ4v) is 3.01. The van der Waals surface area contributed by atoms with E-state index >= 15 is 0 Å². The number of esters is 1. The molecule has 0 atom stereocenters. The van der Waals surface area contributed by atoms with Gasteiger partial charge in [-0.05, 0) is 43.2 Å². The van der Waals surface area contributed by atoms with Crippen LogP contribution in [0.2, 0.25) is 10.0 Å². The average Bonchev–Trinajstić information content (AvgIpc) is 3.47. The van der Waals surface area contributed by atoms with Gasteiger partial charge in [0.1, 0.15) is 0 Å². The van der Waals surface area contributed by atoms with Gasteiger partial charge in [0.25, 0.3) is 11.8 Å². The highest BCUT2D eigenvalue weighted by Gasteiger charge is 2.23. The molecule has 0 saturated heterocycles. The van der Waals surface area contributed by atoms with E-state index in [1.54, 1.807) is 42.5 Å². The van der Waals surface area contributed by atoms with Crippen molar-refractivity contribution in [3.63, 3.8) is 0 Å². The molecule has 0 spiro atoms. The van der Waals surface area contributed by atoms with Gasteiger partial charge < -0.3 is 15.4 Å². The van der Waals surface area contributed by atoms with Crippen LogP contribution in [0, 0.1) is 0 Å². The third-order valence-corrected chi connectivity index (χ3v) is 4.78. The number of ether oxygens (including phenoxy) is 1. The molecule has 1 fully saturated rings. The van der Waals surface area contributed by atoms with Gasteiger partial charge in [-0.25, -0.2) is 0 Å². The first kappa shape index (κ1) is 20.2. The molecule has 2 aromatic carbocycles. The van der Waals surface area contributed by atoms with Gasteiger partial charge in [-0.1, -0.05) is 35.3 Å². The predicted molar refractivity (Wildman–Crippen MR) is 107 cm³/mol. The average molecular weight is 421 g/mol. The zero-order valence-electron chi connectivity index (χ0n) is 14.8. The molecular formula is C20H18Cl2N2O4. The van der Waals surface area contributed by atoms with Crippen molar-refractivity contribution in [2.24, 2.45) is 0 Å². The van der Waals surface area contributed by atoms with E-state index < -0.39 is 18.5 Å². The van der Waals surface area contributed by atoms with Crippen molar-refractivity contribution >= 4 is 46.7 Å². The molecular weight excluding hydrogens is 403 g/mol. The fourth-order valence-electron chi connectivity index (χ4n) is 2.47. The van der Waals surface area contributed by atoms with Gasteiger partial charge in [0, 0.05) is 32.9 Å². The van der Waals surface area contributed by atoms with Crippen molar-refractivity contribution < 1.29 is 19.1 Å². The molecule has 146 valence electrons. The quantitative estimate of drug-likeness (QED) is 0.669. The Hall–Kier alpha value is -2.57. The SMILES string of the molecule is O=C(COC(=O)Cc1c(Cl)cccc1Cl)Nc1cccc(C(=O)NC2CC2)c1. The number of carbonyl (C=O) groups excluding carboxylic acids is 3. The number of nitrogens with one attached hydrogen (secondary N) is 2. The minimum Gasteiger partial charge on any atom is -0.455 e. The van der Waals surface area contributed by atoms with E-state index in [2.05, 4.69) is 10.6 Å². The van der Waals surface area contributed by atoms with Crippen molar-refractivity contribution in [2.45, 2.75) is 25.3 Å². The second-order valence-electron chi connectivity index (χ2n) is 6.41.